The van der Waals surface area contributed by atoms with Crippen LogP contribution in [0.5, 0.6) is 0 Å². The van der Waals surface area contributed by atoms with E-state index in [1.54, 1.807) is 4.88 Å². The van der Waals surface area contributed by atoms with Crippen LogP contribution in [-0.4, -0.2) is 0 Å². The minimum absolute atomic E-state index is 1.13. The van der Waals surface area contributed by atoms with Gasteiger partial charge in [-0.3, -0.25) is 0 Å². The zero-order valence-corrected chi connectivity index (χ0v) is 22.4. The number of aryl methyl sites for hydroxylation is 1. The summed E-state index contributed by atoms with van der Waals surface area (Å²) < 4.78 is 10.0. The van der Waals surface area contributed by atoms with Crippen LogP contribution >= 0.6 is 45.3 Å². The molecule has 0 unspecified atom stereocenters. The van der Waals surface area contributed by atoms with Crippen LogP contribution in [0.4, 0.5) is 0 Å². The van der Waals surface area contributed by atoms with Crippen LogP contribution in [0, 0.1) is 0 Å². The highest BCUT2D eigenvalue weighted by molar-refractivity contribution is 7.36. The lowest BCUT2D eigenvalue weighted by Gasteiger charge is -2.13. The van der Waals surface area contributed by atoms with E-state index >= 15 is 0 Å². The Morgan fingerprint density at radius 3 is 1.94 bits per heavy atom. The summed E-state index contributed by atoms with van der Waals surface area (Å²) in [6, 6.07) is 29.5. The van der Waals surface area contributed by atoms with Gasteiger partial charge >= 0.3 is 0 Å². The van der Waals surface area contributed by atoms with Crippen molar-refractivity contribution < 1.29 is 0 Å². The van der Waals surface area contributed by atoms with Crippen molar-refractivity contribution in [3.63, 3.8) is 0 Å². The molecule has 1 aliphatic carbocycles. The molecule has 36 heavy (non-hydrogen) atoms. The van der Waals surface area contributed by atoms with Crippen LogP contribution in [0.25, 0.3) is 71.5 Å². The smallest absolute Gasteiger partial charge is 0.0542 e. The number of benzene rings is 4. The summed E-state index contributed by atoms with van der Waals surface area (Å²) in [6.45, 7) is 0. The molecule has 4 heteroatoms. The summed E-state index contributed by atoms with van der Waals surface area (Å²) in [4.78, 5) is 1.55. The maximum absolute atomic E-state index is 2.47. The zero-order chi connectivity index (χ0) is 23.4. The molecule has 0 nitrogen and oxygen atoms in total. The Balaban J connectivity index is 1.27. The highest BCUT2D eigenvalue weighted by Gasteiger charge is 2.21. The van der Waals surface area contributed by atoms with Crippen LogP contribution in [0.2, 0.25) is 0 Å². The Bertz CT molecular complexity index is 2200. The van der Waals surface area contributed by atoms with Gasteiger partial charge in [0.1, 0.15) is 0 Å². The van der Waals surface area contributed by atoms with E-state index in [1.165, 1.54) is 76.5 Å². The maximum atomic E-state index is 2.47. The fraction of sp³-hybridized carbons (Fsp3) is 0.0625. The van der Waals surface area contributed by atoms with Crippen LogP contribution in [0.15, 0.2) is 78.9 Å². The fourth-order valence-electron chi connectivity index (χ4n) is 5.81. The maximum Gasteiger partial charge on any atom is 0.0542 e. The lowest BCUT2D eigenvalue weighted by atomic mass is 9.93. The van der Waals surface area contributed by atoms with E-state index in [1.807, 2.05) is 45.3 Å². The van der Waals surface area contributed by atoms with Crippen molar-refractivity contribution in [1.29, 1.82) is 0 Å². The topological polar surface area (TPSA) is 0 Å². The monoisotopic (exact) mass is 530 g/mol. The van der Waals surface area contributed by atoms with Gasteiger partial charge in [-0.1, -0.05) is 48.5 Å². The molecular weight excluding hydrogens is 513 g/mol. The van der Waals surface area contributed by atoms with Crippen molar-refractivity contribution in [3.8, 4) is 0 Å². The van der Waals surface area contributed by atoms with E-state index in [4.69, 9.17) is 0 Å². The predicted molar refractivity (Wildman–Crippen MR) is 166 cm³/mol. The summed E-state index contributed by atoms with van der Waals surface area (Å²) in [5, 5.41) is 6.96. The van der Waals surface area contributed by atoms with Gasteiger partial charge in [-0.25, -0.2) is 0 Å². The molecule has 8 aromatic rings. The van der Waals surface area contributed by atoms with Crippen LogP contribution in [0.1, 0.15) is 22.4 Å². The van der Waals surface area contributed by atoms with E-state index in [2.05, 4.69) is 84.9 Å². The first kappa shape index (κ1) is 20.1. The third kappa shape index (κ3) is 2.73. The summed E-state index contributed by atoms with van der Waals surface area (Å²) in [5.74, 6) is 0. The molecule has 170 valence electrons. The zero-order valence-electron chi connectivity index (χ0n) is 19.1. The second-order valence-electron chi connectivity index (χ2n) is 9.64. The Morgan fingerprint density at radius 2 is 1.14 bits per heavy atom. The number of rotatable bonds is 1. The number of hydrogen-bond donors (Lipinski definition) is 0. The molecule has 4 aromatic heterocycles. The SMILES string of the molecule is C1=C(c2ccccc2)CCc2sc3c(sc4cc5cc6c(cc5cc43)sc3c4ccccc4sc63)c21. The standard InChI is InChI=1S/C32H18S4/c1-2-6-17(7-3-1)18-10-11-26-22(12-18)30-32(34-26)24-14-20-15-27-23(13-19(20)16-28(24)36-30)31-29(35-27)21-8-4-5-9-25(21)33-31/h1-9,12-16H,10-11H2. The molecule has 0 amide bonds. The average Bonchev–Trinajstić information content (AvgIpc) is 3.64. The number of hydrogen-bond acceptors (Lipinski definition) is 4. The molecular formula is C32H18S4. The highest BCUT2D eigenvalue weighted by Crippen LogP contribution is 2.49. The molecule has 4 aromatic carbocycles. The third-order valence-corrected chi connectivity index (χ3v) is 12.7. The van der Waals surface area contributed by atoms with Gasteiger partial charge in [0.05, 0.1) is 18.8 Å². The van der Waals surface area contributed by atoms with Gasteiger partial charge in [-0.2, -0.15) is 0 Å². The van der Waals surface area contributed by atoms with Crippen molar-refractivity contribution in [2.24, 2.45) is 0 Å². The highest BCUT2D eigenvalue weighted by atomic mass is 32.1. The van der Waals surface area contributed by atoms with Crippen molar-refractivity contribution in [3.05, 3.63) is 94.9 Å². The Hall–Kier alpha value is -3.02. The molecule has 9 rings (SSSR count). The van der Waals surface area contributed by atoms with Gasteiger partial charge in [0, 0.05) is 40.7 Å². The minimum Gasteiger partial charge on any atom is -0.138 e. The van der Waals surface area contributed by atoms with Crippen molar-refractivity contribution >= 4 is 117 Å². The molecule has 0 bridgehead atoms. The molecule has 0 saturated heterocycles. The van der Waals surface area contributed by atoms with Crippen LogP contribution < -0.4 is 0 Å². The van der Waals surface area contributed by atoms with Gasteiger partial charge in [0.25, 0.3) is 0 Å². The summed E-state index contributed by atoms with van der Waals surface area (Å²) >= 11 is 7.89. The van der Waals surface area contributed by atoms with Crippen molar-refractivity contribution in [2.45, 2.75) is 12.8 Å². The first-order valence-electron chi connectivity index (χ1n) is 12.2. The normalized spacial score (nSPS) is 14.1. The van der Waals surface area contributed by atoms with Gasteiger partial charge in [-0.15, -0.1) is 45.3 Å². The molecule has 0 radical (unpaired) electrons. The molecule has 1 aliphatic rings. The molecule has 0 N–H and O–H groups in total. The van der Waals surface area contributed by atoms with Crippen molar-refractivity contribution in [1.82, 2.24) is 0 Å². The molecule has 0 atom stereocenters. The second kappa shape index (κ2) is 7.27. The van der Waals surface area contributed by atoms with E-state index in [-0.39, 0.29) is 0 Å². The number of fused-ring (bicyclic) bond motifs is 11. The Morgan fingerprint density at radius 1 is 0.500 bits per heavy atom. The van der Waals surface area contributed by atoms with Gasteiger partial charge in [-0.05, 0) is 71.2 Å². The lowest BCUT2D eigenvalue weighted by Crippen LogP contribution is -1.95. The first-order valence-corrected chi connectivity index (χ1v) is 15.5. The predicted octanol–water partition coefficient (Wildman–Crippen LogP) is 11.3. The molecule has 0 aliphatic heterocycles. The number of allylic oxidation sites excluding steroid dienone is 1. The summed E-state index contributed by atoms with van der Waals surface area (Å²) in [5.41, 5.74) is 4.30. The van der Waals surface area contributed by atoms with E-state index < -0.39 is 0 Å². The van der Waals surface area contributed by atoms with Gasteiger partial charge < -0.3 is 0 Å². The molecule has 0 spiro atoms. The Kier molecular flexibility index (Phi) is 4.06. The van der Waals surface area contributed by atoms with E-state index in [0.717, 1.165) is 12.8 Å². The van der Waals surface area contributed by atoms with Crippen molar-refractivity contribution in [2.75, 3.05) is 0 Å². The van der Waals surface area contributed by atoms with E-state index in [9.17, 15) is 0 Å². The Labute approximate surface area is 223 Å². The molecule has 0 fully saturated rings. The quantitative estimate of drug-likeness (QED) is 0.198. The first-order chi connectivity index (χ1) is 17.8. The molecule has 4 heterocycles. The largest absolute Gasteiger partial charge is 0.138 e. The second-order valence-corrected chi connectivity index (χ2v) is 13.9. The average molecular weight is 531 g/mol. The minimum atomic E-state index is 1.13. The van der Waals surface area contributed by atoms with E-state index in [0.29, 0.717) is 0 Å². The lowest BCUT2D eigenvalue weighted by molar-refractivity contribution is 1.03. The third-order valence-electron chi connectivity index (χ3n) is 7.56. The van der Waals surface area contributed by atoms with Crippen LogP contribution in [0.3, 0.4) is 0 Å². The van der Waals surface area contributed by atoms with Crippen LogP contribution in [-0.2, 0) is 6.42 Å². The fourth-order valence-corrected chi connectivity index (χ4v) is 11.2. The van der Waals surface area contributed by atoms with Gasteiger partial charge in [0.2, 0.25) is 0 Å². The summed E-state index contributed by atoms with van der Waals surface area (Å²) in [7, 11) is 0. The molecule has 0 saturated carbocycles. The van der Waals surface area contributed by atoms with Gasteiger partial charge in [0.15, 0.2) is 0 Å². The number of thiophene rings is 4. The summed E-state index contributed by atoms with van der Waals surface area (Å²) in [6.07, 6.45) is 4.75.